The maximum absolute atomic E-state index is 12.3. The van der Waals surface area contributed by atoms with E-state index < -0.39 is 10.2 Å². The van der Waals surface area contributed by atoms with E-state index in [9.17, 15) is 13.2 Å². The standard InChI is InChI=1S/C16H14Cl3F3N6O/c17-15(18,19)12-25-13(24-8-1-3-11(4-2-8)29-16(20,21)22)27-14(26-12)28-7-9-5-10(28)6-23-9/h1-4,9-10,23H,5-7H2,(H,24,25,26,27). The Hall–Kier alpha value is -1.75. The summed E-state index contributed by atoms with van der Waals surface area (Å²) in [6.45, 7) is 1.53. The van der Waals surface area contributed by atoms with Crippen molar-refractivity contribution < 1.29 is 17.9 Å². The van der Waals surface area contributed by atoms with E-state index in [4.69, 9.17) is 34.8 Å². The van der Waals surface area contributed by atoms with Crippen LogP contribution in [0.1, 0.15) is 12.2 Å². The molecule has 13 heteroatoms. The molecule has 0 radical (unpaired) electrons. The largest absolute Gasteiger partial charge is 0.573 e. The van der Waals surface area contributed by atoms with Gasteiger partial charge in [-0.05, 0) is 30.7 Å². The van der Waals surface area contributed by atoms with Gasteiger partial charge in [-0.2, -0.15) is 15.0 Å². The van der Waals surface area contributed by atoms with Gasteiger partial charge in [0, 0.05) is 30.9 Å². The van der Waals surface area contributed by atoms with Crippen LogP contribution in [0, 0.1) is 0 Å². The third-order valence-corrected chi connectivity index (χ3v) is 5.04. The summed E-state index contributed by atoms with van der Waals surface area (Å²) in [5, 5.41) is 6.27. The first-order valence-electron chi connectivity index (χ1n) is 8.53. The van der Waals surface area contributed by atoms with Crippen molar-refractivity contribution in [3.8, 4) is 5.75 Å². The van der Waals surface area contributed by atoms with Crippen molar-refractivity contribution in [1.82, 2.24) is 20.3 Å². The molecule has 2 N–H and O–H groups in total. The quantitative estimate of drug-likeness (QED) is 0.658. The number of piperazine rings is 1. The monoisotopic (exact) mass is 468 g/mol. The van der Waals surface area contributed by atoms with Crippen molar-refractivity contribution >= 4 is 52.4 Å². The summed E-state index contributed by atoms with van der Waals surface area (Å²) in [5.41, 5.74) is 0.427. The third-order valence-electron chi connectivity index (χ3n) is 4.53. The molecule has 1 aromatic heterocycles. The molecule has 7 nitrogen and oxygen atoms in total. The predicted octanol–water partition coefficient (Wildman–Crippen LogP) is 3.89. The van der Waals surface area contributed by atoms with Crippen molar-refractivity contribution in [3.05, 3.63) is 30.1 Å². The van der Waals surface area contributed by atoms with Gasteiger partial charge in [0.2, 0.25) is 15.7 Å². The lowest BCUT2D eigenvalue weighted by molar-refractivity contribution is -0.274. The predicted molar refractivity (Wildman–Crippen MR) is 103 cm³/mol. The Morgan fingerprint density at radius 1 is 1.10 bits per heavy atom. The van der Waals surface area contributed by atoms with Crippen LogP contribution in [0.15, 0.2) is 24.3 Å². The second-order valence-electron chi connectivity index (χ2n) is 6.62. The zero-order valence-electron chi connectivity index (χ0n) is 14.6. The van der Waals surface area contributed by atoms with Gasteiger partial charge in [0.25, 0.3) is 0 Å². The van der Waals surface area contributed by atoms with E-state index in [-0.39, 0.29) is 23.6 Å². The molecule has 2 unspecified atom stereocenters. The van der Waals surface area contributed by atoms with Crippen molar-refractivity contribution in [2.24, 2.45) is 0 Å². The number of benzene rings is 1. The molecule has 2 bridgehead atoms. The van der Waals surface area contributed by atoms with Crippen molar-refractivity contribution in [1.29, 1.82) is 0 Å². The van der Waals surface area contributed by atoms with E-state index in [1.807, 2.05) is 4.90 Å². The van der Waals surface area contributed by atoms with Crippen LogP contribution < -0.4 is 20.3 Å². The second kappa shape index (κ2) is 7.50. The normalized spacial score (nSPS) is 21.5. The molecule has 2 atom stereocenters. The number of nitrogens with one attached hydrogen (secondary N) is 2. The fourth-order valence-corrected chi connectivity index (χ4v) is 3.60. The summed E-state index contributed by atoms with van der Waals surface area (Å²) in [5.74, 6) is 0.0797. The van der Waals surface area contributed by atoms with E-state index in [1.54, 1.807) is 0 Å². The number of alkyl halides is 6. The SMILES string of the molecule is FC(F)(F)Oc1ccc(Nc2nc(N3CC4CC3CN4)nc(C(Cl)(Cl)Cl)n2)cc1. The summed E-state index contributed by atoms with van der Waals surface area (Å²) >= 11 is 17.9. The van der Waals surface area contributed by atoms with E-state index in [1.165, 1.54) is 24.3 Å². The average Bonchev–Trinajstić information content (AvgIpc) is 3.24. The van der Waals surface area contributed by atoms with Gasteiger partial charge in [0.05, 0.1) is 0 Å². The lowest BCUT2D eigenvalue weighted by atomic mass is 10.2. The van der Waals surface area contributed by atoms with E-state index in [0.717, 1.165) is 19.5 Å². The fraction of sp³-hybridized carbons (Fsp3) is 0.438. The first-order valence-corrected chi connectivity index (χ1v) is 9.66. The van der Waals surface area contributed by atoms with Crippen LogP contribution >= 0.6 is 34.8 Å². The Morgan fingerprint density at radius 2 is 1.83 bits per heavy atom. The van der Waals surface area contributed by atoms with E-state index in [0.29, 0.717) is 17.7 Å². The Labute approximate surface area is 178 Å². The summed E-state index contributed by atoms with van der Waals surface area (Å²) in [6.07, 6.45) is -3.79. The molecule has 0 aliphatic carbocycles. The number of fused-ring (bicyclic) bond motifs is 2. The molecule has 29 heavy (non-hydrogen) atoms. The molecule has 0 amide bonds. The van der Waals surface area contributed by atoms with Gasteiger partial charge in [-0.1, -0.05) is 34.8 Å². The molecule has 2 aromatic rings. The highest BCUT2D eigenvalue weighted by Gasteiger charge is 2.40. The molecule has 2 aliphatic heterocycles. The topological polar surface area (TPSA) is 75.2 Å². The molecule has 3 heterocycles. The number of hydrogen-bond acceptors (Lipinski definition) is 7. The molecule has 156 valence electrons. The van der Waals surface area contributed by atoms with Crippen LogP contribution in [0.25, 0.3) is 0 Å². The molecule has 4 rings (SSSR count). The molecular weight excluding hydrogens is 456 g/mol. The second-order valence-corrected chi connectivity index (χ2v) is 8.91. The number of aromatic nitrogens is 3. The van der Waals surface area contributed by atoms with Crippen molar-refractivity contribution in [3.63, 3.8) is 0 Å². The molecule has 1 aromatic carbocycles. The maximum Gasteiger partial charge on any atom is 0.573 e. The number of ether oxygens (including phenoxy) is 1. The Morgan fingerprint density at radius 3 is 2.38 bits per heavy atom. The van der Waals surface area contributed by atoms with Crippen LogP contribution in [-0.4, -0.2) is 46.5 Å². The van der Waals surface area contributed by atoms with Gasteiger partial charge in [-0.25, -0.2) is 0 Å². The van der Waals surface area contributed by atoms with Crippen LogP contribution in [0.3, 0.4) is 0 Å². The fourth-order valence-electron chi connectivity index (χ4n) is 3.35. The Balaban J connectivity index is 1.58. The number of halogens is 6. The van der Waals surface area contributed by atoms with Gasteiger partial charge in [-0.15, -0.1) is 13.2 Å². The zero-order chi connectivity index (χ0) is 20.8. The number of rotatable bonds is 4. The number of hydrogen-bond donors (Lipinski definition) is 2. The van der Waals surface area contributed by atoms with Crippen LogP contribution in [0.2, 0.25) is 0 Å². The van der Waals surface area contributed by atoms with Gasteiger partial charge < -0.3 is 20.3 Å². The summed E-state index contributed by atoms with van der Waals surface area (Å²) < 4.78 is 38.9. The van der Waals surface area contributed by atoms with E-state index in [2.05, 4.69) is 30.3 Å². The van der Waals surface area contributed by atoms with Crippen molar-refractivity contribution in [2.75, 3.05) is 23.3 Å². The third kappa shape index (κ3) is 4.88. The van der Waals surface area contributed by atoms with Gasteiger partial charge in [-0.3, -0.25) is 0 Å². The molecule has 0 saturated carbocycles. The van der Waals surface area contributed by atoms with Gasteiger partial charge in [0.1, 0.15) is 5.75 Å². The Kier molecular flexibility index (Phi) is 5.30. The highest BCUT2D eigenvalue weighted by Crippen LogP contribution is 2.38. The molecule has 2 fully saturated rings. The van der Waals surface area contributed by atoms with Gasteiger partial charge >= 0.3 is 6.36 Å². The highest BCUT2D eigenvalue weighted by molar-refractivity contribution is 6.66. The maximum atomic E-state index is 12.3. The van der Waals surface area contributed by atoms with Crippen molar-refractivity contribution in [2.45, 2.75) is 28.7 Å². The molecule has 2 saturated heterocycles. The summed E-state index contributed by atoms with van der Waals surface area (Å²) in [7, 11) is 0. The molecule has 0 spiro atoms. The summed E-state index contributed by atoms with van der Waals surface area (Å²) in [6, 6.07) is 5.70. The summed E-state index contributed by atoms with van der Waals surface area (Å²) in [4.78, 5) is 14.9. The first kappa shape index (κ1) is 20.5. The smallest absolute Gasteiger partial charge is 0.406 e. The van der Waals surface area contributed by atoms with Crippen LogP contribution in [0.5, 0.6) is 5.75 Å². The highest BCUT2D eigenvalue weighted by atomic mass is 35.6. The number of nitrogens with zero attached hydrogens (tertiary/aromatic N) is 4. The molecule has 2 aliphatic rings. The minimum Gasteiger partial charge on any atom is -0.406 e. The van der Waals surface area contributed by atoms with E-state index >= 15 is 0 Å². The lowest BCUT2D eigenvalue weighted by Gasteiger charge is -2.28. The minimum absolute atomic E-state index is 0.0530. The Bertz CT molecular complexity index is 893. The van der Waals surface area contributed by atoms with Gasteiger partial charge in [0.15, 0.2) is 5.82 Å². The van der Waals surface area contributed by atoms with Crippen LogP contribution in [-0.2, 0) is 3.79 Å². The number of anilines is 3. The zero-order valence-corrected chi connectivity index (χ0v) is 16.8. The molecular formula is C16H14Cl3F3N6O. The van der Waals surface area contributed by atoms with Crippen LogP contribution in [0.4, 0.5) is 30.8 Å². The average molecular weight is 470 g/mol. The minimum atomic E-state index is -4.76. The lowest BCUT2D eigenvalue weighted by Crippen LogP contribution is -2.44. The first-order chi connectivity index (χ1) is 13.6.